The van der Waals surface area contributed by atoms with Crippen LogP contribution in [0, 0.1) is 0 Å². The first kappa shape index (κ1) is 25.7. The molecular weight excluding hydrogens is 575 g/mol. The van der Waals surface area contributed by atoms with Crippen LogP contribution in [0.5, 0.6) is 0 Å². The van der Waals surface area contributed by atoms with Crippen LogP contribution in [0.2, 0.25) is 0 Å². The van der Waals surface area contributed by atoms with Gasteiger partial charge in [0.1, 0.15) is 0 Å². The number of aromatic nitrogens is 1. The van der Waals surface area contributed by atoms with E-state index in [1.165, 1.54) is 92.2 Å². The lowest BCUT2D eigenvalue weighted by Gasteiger charge is -2.21. The van der Waals surface area contributed by atoms with Crippen molar-refractivity contribution in [3.05, 3.63) is 164 Å². The summed E-state index contributed by atoms with van der Waals surface area (Å²) in [6.07, 6.45) is 0. The van der Waals surface area contributed by atoms with E-state index in [2.05, 4.69) is 168 Å². The molecule has 10 rings (SSSR count). The lowest BCUT2D eigenvalue weighted by atomic mass is 9.91. The third kappa shape index (κ3) is 3.71. The topological polar surface area (TPSA) is 4.93 Å². The third-order valence-electron chi connectivity index (χ3n) is 9.60. The Kier molecular flexibility index (Phi) is 5.58. The lowest BCUT2D eigenvalue weighted by Crippen LogP contribution is -1.94. The van der Waals surface area contributed by atoms with Crippen LogP contribution in [0.15, 0.2) is 174 Å². The van der Waals surface area contributed by atoms with Gasteiger partial charge in [-0.15, -0.1) is 0 Å². The Morgan fingerprint density at radius 1 is 0.348 bits per heavy atom. The van der Waals surface area contributed by atoms with E-state index in [0.717, 1.165) is 0 Å². The average molecular weight is 602 g/mol. The molecule has 0 saturated heterocycles. The van der Waals surface area contributed by atoms with Gasteiger partial charge in [0, 0.05) is 31.6 Å². The van der Waals surface area contributed by atoms with Crippen LogP contribution in [0.1, 0.15) is 0 Å². The Balaban J connectivity index is 1.16. The maximum Gasteiger partial charge on any atom is 0.0547 e. The van der Waals surface area contributed by atoms with Crippen molar-refractivity contribution in [3.8, 4) is 39.1 Å². The minimum absolute atomic E-state index is 1.18. The standard InChI is InChI=1S/C44H27NS/c1-2-11-31(12-3-1)45-38-18-6-4-14-37(38)44-39(45)26-24-30-10-8-15-33(42(30)44)29-22-20-28(21-23-29)32-25-27-41-43-35(32)16-9-17-36(43)34-13-5-7-19-40(34)46-41/h1-27H. The summed E-state index contributed by atoms with van der Waals surface area (Å²) in [6, 6.07) is 60.1. The molecule has 0 amide bonds. The maximum absolute atomic E-state index is 2.40. The van der Waals surface area contributed by atoms with Crippen molar-refractivity contribution in [2.75, 3.05) is 0 Å². The Labute approximate surface area is 271 Å². The summed E-state index contributed by atoms with van der Waals surface area (Å²) in [5, 5.41) is 7.81. The molecule has 0 unspecified atom stereocenters. The van der Waals surface area contributed by atoms with Crippen LogP contribution in [-0.2, 0) is 0 Å². The SMILES string of the molecule is c1ccc(-n2c3ccccc3c3c4c(-c5ccc(-c6ccc7c8c(cccc68)-c6ccccc6S7)cc5)cccc4ccc32)cc1. The summed E-state index contributed by atoms with van der Waals surface area (Å²) >= 11 is 1.88. The molecule has 1 nitrogen and oxygen atoms in total. The molecule has 0 aliphatic carbocycles. The minimum atomic E-state index is 1.18. The quantitative estimate of drug-likeness (QED) is 0.195. The van der Waals surface area contributed by atoms with E-state index in [0.29, 0.717) is 0 Å². The van der Waals surface area contributed by atoms with Crippen LogP contribution < -0.4 is 0 Å². The van der Waals surface area contributed by atoms with E-state index < -0.39 is 0 Å². The normalized spacial score (nSPS) is 12.3. The van der Waals surface area contributed by atoms with Gasteiger partial charge in [-0.05, 0) is 85.9 Å². The summed E-state index contributed by atoms with van der Waals surface area (Å²) in [4.78, 5) is 2.66. The molecule has 1 aliphatic rings. The van der Waals surface area contributed by atoms with E-state index in [4.69, 9.17) is 0 Å². The van der Waals surface area contributed by atoms with Crippen molar-refractivity contribution in [2.45, 2.75) is 9.79 Å². The van der Waals surface area contributed by atoms with Gasteiger partial charge in [0.05, 0.1) is 11.0 Å². The minimum Gasteiger partial charge on any atom is -0.309 e. The van der Waals surface area contributed by atoms with Crippen LogP contribution >= 0.6 is 11.8 Å². The zero-order valence-corrected chi connectivity index (χ0v) is 25.8. The lowest BCUT2D eigenvalue weighted by molar-refractivity contribution is 1.18. The molecule has 214 valence electrons. The maximum atomic E-state index is 2.40. The second-order valence-corrected chi connectivity index (χ2v) is 13.2. The van der Waals surface area contributed by atoms with Crippen molar-refractivity contribution in [1.29, 1.82) is 0 Å². The zero-order chi connectivity index (χ0) is 30.2. The van der Waals surface area contributed by atoms with E-state index >= 15 is 0 Å². The fourth-order valence-corrected chi connectivity index (χ4v) is 8.72. The average Bonchev–Trinajstić information content (AvgIpc) is 3.47. The molecular formula is C44H27NS. The van der Waals surface area contributed by atoms with E-state index in [1.54, 1.807) is 0 Å². The van der Waals surface area contributed by atoms with Crippen molar-refractivity contribution in [2.24, 2.45) is 0 Å². The smallest absolute Gasteiger partial charge is 0.0547 e. The van der Waals surface area contributed by atoms with Crippen LogP contribution in [0.25, 0.3) is 82.4 Å². The highest BCUT2D eigenvalue weighted by Crippen LogP contribution is 2.49. The molecule has 46 heavy (non-hydrogen) atoms. The fourth-order valence-electron chi connectivity index (χ4n) is 7.59. The third-order valence-corrected chi connectivity index (χ3v) is 10.7. The van der Waals surface area contributed by atoms with Gasteiger partial charge >= 0.3 is 0 Å². The Bertz CT molecular complexity index is 2650. The Hall–Kier alpha value is -5.57. The predicted molar refractivity (Wildman–Crippen MR) is 196 cm³/mol. The van der Waals surface area contributed by atoms with Crippen LogP contribution in [-0.4, -0.2) is 4.57 Å². The van der Waals surface area contributed by atoms with Crippen molar-refractivity contribution >= 4 is 55.1 Å². The molecule has 0 fully saturated rings. The zero-order valence-electron chi connectivity index (χ0n) is 24.9. The monoisotopic (exact) mass is 601 g/mol. The van der Waals surface area contributed by atoms with Crippen LogP contribution in [0.3, 0.4) is 0 Å². The van der Waals surface area contributed by atoms with Gasteiger partial charge in [-0.1, -0.05) is 139 Å². The number of nitrogens with zero attached hydrogens (tertiary/aromatic N) is 1. The molecule has 8 aromatic carbocycles. The van der Waals surface area contributed by atoms with Crippen molar-refractivity contribution < 1.29 is 0 Å². The summed E-state index contributed by atoms with van der Waals surface area (Å²) in [5.74, 6) is 0. The Morgan fingerprint density at radius 3 is 1.93 bits per heavy atom. The van der Waals surface area contributed by atoms with Gasteiger partial charge in [-0.25, -0.2) is 0 Å². The summed E-state index contributed by atoms with van der Waals surface area (Å²) in [6.45, 7) is 0. The second kappa shape index (κ2) is 9.97. The molecule has 1 aromatic heterocycles. The molecule has 0 spiro atoms. The van der Waals surface area contributed by atoms with Gasteiger partial charge in [0.2, 0.25) is 0 Å². The number of para-hydroxylation sites is 2. The van der Waals surface area contributed by atoms with E-state index in [9.17, 15) is 0 Å². The van der Waals surface area contributed by atoms with E-state index in [1.807, 2.05) is 11.8 Å². The number of rotatable bonds is 3. The molecule has 2 heterocycles. The predicted octanol–water partition coefficient (Wildman–Crippen LogP) is 12.6. The van der Waals surface area contributed by atoms with Gasteiger partial charge < -0.3 is 4.57 Å². The van der Waals surface area contributed by atoms with Gasteiger partial charge in [-0.3, -0.25) is 0 Å². The first-order chi connectivity index (χ1) is 22.8. The largest absolute Gasteiger partial charge is 0.309 e. The Morgan fingerprint density at radius 2 is 1.04 bits per heavy atom. The van der Waals surface area contributed by atoms with Crippen molar-refractivity contribution in [1.82, 2.24) is 4.57 Å². The molecule has 0 bridgehead atoms. The van der Waals surface area contributed by atoms with Gasteiger partial charge in [0.15, 0.2) is 0 Å². The molecule has 0 saturated carbocycles. The summed E-state index contributed by atoms with van der Waals surface area (Å²) < 4.78 is 2.40. The van der Waals surface area contributed by atoms with Gasteiger partial charge in [-0.2, -0.15) is 0 Å². The molecule has 0 N–H and O–H groups in total. The highest BCUT2D eigenvalue weighted by atomic mass is 32.2. The highest BCUT2D eigenvalue weighted by Gasteiger charge is 2.21. The molecule has 2 heteroatoms. The number of hydrogen-bond acceptors (Lipinski definition) is 1. The van der Waals surface area contributed by atoms with E-state index in [-0.39, 0.29) is 0 Å². The molecule has 1 aliphatic heterocycles. The molecule has 9 aromatic rings. The first-order valence-electron chi connectivity index (χ1n) is 15.8. The number of benzene rings is 8. The first-order valence-corrected chi connectivity index (χ1v) is 16.6. The second-order valence-electron chi connectivity index (χ2n) is 12.1. The highest BCUT2D eigenvalue weighted by molar-refractivity contribution is 7.99. The fraction of sp³-hybridized carbons (Fsp3) is 0. The van der Waals surface area contributed by atoms with Crippen LogP contribution in [0.4, 0.5) is 0 Å². The summed E-state index contributed by atoms with van der Waals surface area (Å²) in [7, 11) is 0. The summed E-state index contributed by atoms with van der Waals surface area (Å²) in [5.41, 5.74) is 11.3. The molecule has 0 radical (unpaired) electrons. The molecule has 0 atom stereocenters. The van der Waals surface area contributed by atoms with Crippen molar-refractivity contribution in [3.63, 3.8) is 0 Å². The van der Waals surface area contributed by atoms with Gasteiger partial charge in [0.25, 0.3) is 0 Å². The number of fused-ring (bicyclic) bond motifs is 7. The number of hydrogen-bond donors (Lipinski definition) is 0.